The summed E-state index contributed by atoms with van der Waals surface area (Å²) < 4.78 is 13.6. The molecular weight excluding hydrogens is 688 g/mol. The van der Waals surface area contributed by atoms with E-state index in [0.717, 1.165) is 74.5 Å². The highest BCUT2D eigenvalue weighted by molar-refractivity contribution is 6.12. The number of carbonyl (C=O) groups excluding carboxylic acids is 2. The average Bonchev–Trinajstić information content (AvgIpc) is 3.58. The molecule has 3 aliphatic rings. The van der Waals surface area contributed by atoms with Crippen molar-refractivity contribution in [2.75, 3.05) is 44.9 Å². The Morgan fingerprint density at radius 3 is 2.30 bits per heavy atom. The number of hydrogen-bond donors (Lipinski definition) is 1. The second-order valence-corrected chi connectivity index (χ2v) is 13.9. The summed E-state index contributed by atoms with van der Waals surface area (Å²) in [6.07, 6.45) is 3.47. The molecule has 1 fully saturated rings. The lowest BCUT2D eigenvalue weighted by molar-refractivity contribution is 0.0193. The molecule has 10 heteroatoms. The number of halogens is 1. The molecule has 0 aliphatic carbocycles. The molecule has 0 bridgehead atoms. The number of aromatic hydroxyl groups is 1. The number of phenolic OH excluding ortho intramolecular Hbond substituents is 1. The van der Waals surface area contributed by atoms with E-state index in [-0.39, 0.29) is 36.0 Å². The zero-order chi connectivity index (χ0) is 35.6. The molecule has 1 saturated heterocycles. The molecule has 1 atom stereocenters. The maximum atomic E-state index is 15.0. The van der Waals surface area contributed by atoms with E-state index in [2.05, 4.69) is 32.6 Å². The van der Waals surface area contributed by atoms with Crippen molar-refractivity contribution in [3.63, 3.8) is 0 Å². The molecule has 8 rings (SSSR count). The summed E-state index contributed by atoms with van der Waals surface area (Å²) >= 11 is 0. The normalized spacial score (nSPS) is 16.9. The number of fused-ring (bicyclic) bond motifs is 2. The van der Waals surface area contributed by atoms with Gasteiger partial charge in [-0.15, -0.1) is 12.4 Å². The van der Waals surface area contributed by atoms with Gasteiger partial charge in [-0.1, -0.05) is 42.5 Å². The van der Waals surface area contributed by atoms with Gasteiger partial charge < -0.3 is 24.0 Å². The van der Waals surface area contributed by atoms with E-state index in [0.29, 0.717) is 42.3 Å². The number of phenols is 1. The fraction of sp³-hybridized carbons (Fsp3) is 0.302. The smallest absolute Gasteiger partial charge is 0.264 e. The lowest BCUT2D eigenvalue weighted by Crippen LogP contribution is -2.52. The highest BCUT2D eigenvalue weighted by Gasteiger charge is 2.35. The lowest BCUT2D eigenvalue weighted by Gasteiger charge is -2.40. The molecule has 3 aliphatic heterocycles. The van der Waals surface area contributed by atoms with Crippen LogP contribution < -0.4 is 9.64 Å². The zero-order valence-electron chi connectivity index (χ0n) is 29.9. The molecule has 5 aromatic rings. The number of para-hydroxylation sites is 1. The van der Waals surface area contributed by atoms with Crippen LogP contribution in [0, 0.1) is 0 Å². The SMILES string of the molecule is COc1ccc(C(=O)N2Cc3ccccc3C[C@H]2CN2CCOCC2)c(-c2cc(C(=O)N(c3ccccc3)c3ccc(O)cc3)c3n2CCCC3)c1.Cl. The maximum Gasteiger partial charge on any atom is 0.264 e. The van der Waals surface area contributed by atoms with Gasteiger partial charge in [0.25, 0.3) is 11.8 Å². The first kappa shape index (κ1) is 36.3. The number of rotatable bonds is 8. The predicted octanol–water partition coefficient (Wildman–Crippen LogP) is 7.51. The summed E-state index contributed by atoms with van der Waals surface area (Å²) in [5, 5.41) is 10.1. The predicted molar refractivity (Wildman–Crippen MR) is 209 cm³/mol. The first-order valence-electron chi connectivity index (χ1n) is 18.3. The standard InChI is InChI=1S/C43H44N4O5.ClH/c1-51-36-18-19-37(42(49)46-28-31-10-6-5-9-30(31)25-34(46)29-44-21-23-52-24-22-44)38(26-36)41-27-39(40-13-7-8-20-45(40)41)43(50)47(32-11-3-2-4-12-32)33-14-16-35(48)17-15-33;/h2-6,9-12,14-19,26-27,34,48H,7-8,13,20-25,28-29H2,1H3;1H/t34-;/m0./s1. The Labute approximate surface area is 316 Å². The third-order valence-electron chi connectivity index (χ3n) is 10.7. The third kappa shape index (κ3) is 7.29. The summed E-state index contributed by atoms with van der Waals surface area (Å²) in [6.45, 7) is 5.16. The summed E-state index contributed by atoms with van der Waals surface area (Å²) in [4.78, 5) is 36.0. The van der Waals surface area contributed by atoms with Gasteiger partial charge in [0, 0.05) is 72.7 Å². The Balaban J connectivity index is 0.00000435. The van der Waals surface area contributed by atoms with Crippen molar-refractivity contribution in [2.24, 2.45) is 0 Å². The number of aromatic nitrogens is 1. The third-order valence-corrected chi connectivity index (χ3v) is 10.7. The van der Waals surface area contributed by atoms with E-state index < -0.39 is 0 Å². The summed E-state index contributed by atoms with van der Waals surface area (Å²) in [7, 11) is 1.64. The maximum absolute atomic E-state index is 15.0. The van der Waals surface area contributed by atoms with Gasteiger partial charge in [0.2, 0.25) is 0 Å². The van der Waals surface area contributed by atoms with Gasteiger partial charge in [0.1, 0.15) is 11.5 Å². The van der Waals surface area contributed by atoms with Crippen LogP contribution in [0.4, 0.5) is 11.4 Å². The first-order valence-corrected chi connectivity index (χ1v) is 18.3. The Morgan fingerprint density at radius 2 is 1.55 bits per heavy atom. The molecule has 4 heterocycles. The number of methoxy groups -OCH3 is 1. The molecule has 53 heavy (non-hydrogen) atoms. The van der Waals surface area contributed by atoms with Gasteiger partial charge in [-0.2, -0.15) is 0 Å². The highest BCUT2D eigenvalue weighted by atomic mass is 35.5. The number of morpholine rings is 1. The van der Waals surface area contributed by atoms with Crippen LogP contribution in [0.3, 0.4) is 0 Å². The quantitative estimate of drug-likeness (QED) is 0.178. The van der Waals surface area contributed by atoms with Crippen LogP contribution in [-0.4, -0.2) is 77.3 Å². The van der Waals surface area contributed by atoms with E-state index in [9.17, 15) is 9.90 Å². The Morgan fingerprint density at radius 1 is 0.830 bits per heavy atom. The Bertz CT molecular complexity index is 2080. The fourth-order valence-corrected chi connectivity index (χ4v) is 8.04. The minimum absolute atomic E-state index is 0. The number of nitrogens with zero attached hydrogens (tertiary/aromatic N) is 4. The van der Waals surface area contributed by atoms with Gasteiger partial charge in [-0.25, -0.2) is 0 Å². The lowest BCUT2D eigenvalue weighted by atomic mass is 9.92. The molecule has 1 aromatic heterocycles. The topological polar surface area (TPSA) is 87.5 Å². The van der Waals surface area contributed by atoms with Crippen LogP contribution in [0.5, 0.6) is 11.5 Å². The van der Waals surface area contributed by atoms with Gasteiger partial charge in [-0.3, -0.25) is 19.4 Å². The second kappa shape index (κ2) is 15.9. The molecule has 0 spiro atoms. The van der Waals surface area contributed by atoms with E-state index in [1.54, 1.807) is 36.3 Å². The molecule has 0 saturated carbocycles. The number of hydrogen-bond acceptors (Lipinski definition) is 6. The molecule has 1 N–H and O–H groups in total. The van der Waals surface area contributed by atoms with Crippen LogP contribution >= 0.6 is 12.4 Å². The monoisotopic (exact) mass is 732 g/mol. The molecule has 2 amide bonds. The summed E-state index contributed by atoms with van der Waals surface area (Å²) in [5.41, 5.74) is 7.59. The van der Waals surface area contributed by atoms with E-state index >= 15 is 4.79 Å². The van der Waals surface area contributed by atoms with Gasteiger partial charge in [-0.05, 0) is 97.5 Å². The minimum Gasteiger partial charge on any atom is -0.508 e. The number of benzene rings is 4. The van der Waals surface area contributed by atoms with Crippen molar-refractivity contribution in [1.82, 2.24) is 14.4 Å². The molecular formula is C43H45ClN4O5. The molecule has 274 valence electrons. The summed E-state index contributed by atoms with van der Waals surface area (Å²) in [5.74, 6) is 0.587. The van der Waals surface area contributed by atoms with Gasteiger partial charge in [0.05, 0.1) is 25.9 Å². The number of amides is 2. The first-order chi connectivity index (χ1) is 25.5. The van der Waals surface area contributed by atoms with Crippen LogP contribution in [0.1, 0.15) is 50.4 Å². The minimum atomic E-state index is -0.164. The van der Waals surface area contributed by atoms with Crippen LogP contribution in [-0.2, 0) is 30.7 Å². The highest BCUT2D eigenvalue weighted by Crippen LogP contribution is 2.38. The molecule has 4 aromatic carbocycles. The summed E-state index contributed by atoms with van der Waals surface area (Å²) in [6, 6.07) is 32.4. The van der Waals surface area contributed by atoms with Crippen LogP contribution in [0.25, 0.3) is 11.3 Å². The van der Waals surface area contributed by atoms with Crippen molar-refractivity contribution in [2.45, 2.75) is 44.8 Å². The van der Waals surface area contributed by atoms with E-state index in [4.69, 9.17) is 9.47 Å². The van der Waals surface area contributed by atoms with Crippen LogP contribution in [0.15, 0.2) is 103 Å². The van der Waals surface area contributed by atoms with Crippen molar-refractivity contribution in [3.8, 4) is 22.8 Å². The number of carbonyl (C=O) groups is 2. The fourth-order valence-electron chi connectivity index (χ4n) is 8.04. The molecule has 0 unspecified atom stereocenters. The Kier molecular flexibility index (Phi) is 10.9. The Hall–Kier alpha value is -5.09. The largest absolute Gasteiger partial charge is 0.508 e. The van der Waals surface area contributed by atoms with E-state index in [1.807, 2.05) is 60.7 Å². The average molecular weight is 733 g/mol. The van der Waals surface area contributed by atoms with Gasteiger partial charge in [0.15, 0.2) is 0 Å². The second-order valence-electron chi connectivity index (χ2n) is 13.9. The van der Waals surface area contributed by atoms with Crippen molar-refractivity contribution in [3.05, 3.63) is 131 Å². The van der Waals surface area contributed by atoms with Gasteiger partial charge >= 0.3 is 0 Å². The number of ether oxygens (including phenoxy) is 2. The zero-order valence-corrected chi connectivity index (χ0v) is 30.8. The van der Waals surface area contributed by atoms with Crippen molar-refractivity contribution in [1.29, 1.82) is 0 Å². The number of anilines is 2. The molecule has 0 radical (unpaired) electrons. The van der Waals surface area contributed by atoms with Crippen molar-refractivity contribution < 1.29 is 24.2 Å². The van der Waals surface area contributed by atoms with E-state index in [1.165, 1.54) is 11.1 Å². The van der Waals surface area contributed by atoms with Crippen molar-refractivity contribution >= 4 is 35.6 Å². The van der Waals surface area contributed by atoms with Crippen LogP contribution in [0.2, 0.25) is 0 Å². The molecule has 9 nitrogen and oxygen atoms in total.